The van der Waals surface area contributed by atoms with E-state index in [1.807, 2.05) is 0 Å². The minimum atomic E-state index is 0.000617. The molecule has 1 rings (SSSR count). The van der Waals surface area contributed by atoms with E-state index in [9.17, 15) is 10.2 Å². The molecule has 0 unspecified atom stereocenters. The lowest BCUT2D eigenvalue weighted by Gasteiger charge is -2.17. The van der Waals surface area contributed by atoms with Crippen molar-refractivity contribution in [3.05, 3.63) is 46.1 Å². The highest BCUT2D eigenvalue weighted by atomic mass is 16.5. The first-order valence-corrected chi connectivity index (χ1v) is 8.82. The summed E-state index contributed by atoms with van der Waals surface area (Å²) in [5, 5.41) is 20.8. The van der Waals surface area contributed by atoms with Crippen LogP contribution in [-0.4, -0.2) is 24.4 Å². The van der Waals surface area contributed by atoms with Gasteiger partial charge >= 0.3 is 0 Å². The lowest BCUT2D eigenvalue weighted by atomic mass is 9.99. The van der Waals surface area contributed by atoms with Gasteiger partial charge in [-0.1, -0.05) is 34.9 Å². The van der Waals surface area contributed by atoms with E-state index in [1.165, 1.54) is 30.9 Å². The molecule has 0 amide bonds. The molecule has 144 valence electrons. The third-order valence-corrected chi connectivity index (χ3v) is 4.40. The second kappa shape index (κ2) is 9.95. The van der Waals surface area contributed by atoms with Crippen molar-refractivity contribution in [3.8, 4) is 23.0 Å². The molecule has 4 nitrogen and oxygen atoms in total. The fraction of sp³-hybridized carbons (Fsp3) is 0.455. The molecule has 0 aliphatic carbocycles. The Morgan fingerprint density at radius 1 is 0.808 bits per heavy atom. The van der Waals surface area contributed by atoms with E-state index in [0.717, 1.165) is 12.8 Å². The van der Waals surface area contributed by atoms with Crippen LogP contribution >= 0.6 is 0 Å². The Morgan fingerprint density at radius 2 is 1.31 bits per heavy atom. The van der Waals surface area contributed by atoms with Crippen LogP contribution in [0.3, 0.4) is 0 Å². The molecule has 2 N–H and O–H groups in total. The number of benzene rings is 1. The molecule has 0 atom stereocenters. The van der Waals surface area contributed by atoms with Crippen molar-refractivity contribution in [3.63, 3.8) is 0 Å². The molecule has 1 aromatic rings. The summed E-state index contributed by atoms with van der Waals surface area (Å²) >= 11 is 0. The van der Waals surface area contributed by atoms with Crippen molar-refractivity contribution in [2.75, 3.05) is 14.2 Å². The van der Waals surface area contributed by atoms with Crippen LogP contribution in [0.15, 0.2) is 34.9 Å². The summed E-state index contributed by atoms with van der Waals surface area (Å²) in [5.74, 6) is 0.332. The summed E-state index contributed by atoms with van der Waals surface area (Å²) in [6, 6.07) is 0. The molecule has 0 aliphatic rings. The van der Waals surface area contributed by atoms with Gasteiger partial charge in [0.1, 0.15) is 0 Å². The van der Waals surface area contributed by atoms with Gasteiger partial charge < -0.3 is 19.7 Å². The molecule has 0 bridgehead atoms. The van der Waals surface area contributed by atoms with Crippen LogP contribution in [0.5, 0.6) is 23.0 Å². The predicted octanol–water partition coefficient (Wildman–Crippen LogP) is 5.60. The SMILES string of the molecule is COc1c(O)c(C)c(C/C=C(\C)C/C=C(\C)CC=C(C)C)c(O)c1OC. The minimum absolute atomic E-state index is 0.000617. The topological polar surface area (TPSA) is 58.9 Å². The third kappa shape index (κ3) is 5.58. The lowest BCUT2D eigenvalue weighted by molar-refractivity contribution is 0.314. The molecule has 0 saturated heterocycles. The fourth-order valence-corrected chi connectivity index (χ4v) is 2.61. The average Bonchev–Trinajstić information content (AvgIpc) is 2.60. The number of allylic oxidation sites excluding steroid dienone is 6. The van der Waals surface area contributed by atoms with Crippen molar-refractivity contribution in [2.24, 2.45) is 0 Å². The Balaban J connectivity index is 2.98. The molecular formula is C22H32O4. The van der Waals surface area contributed by atoms with Gasteiger partial charge in [-0.05, 0) is 53.9 Å². The number of methoxy groups -OCH3 is 2. The van der Waals surface area contributed by atoms with E-state index in [4.69, 9.17) is 9.47 Å². The first kappa shape index (κ1) is 21.7. The van der Waals surface area contributed by atoms with E-state index in [0.29, 0.717) is 17.5 Å². The Kier molecular flexibility index (Phi) is 8.30. The number of rotatable bonds is 8. The highest BCUT2D eigenvalue weighted by molar-refractivity contribution is 5.66. The van der Waals surface area contributed by atoms with E-state index < -0.39 is 0 Å². The summed E-state index contributed by atoms with van der Waals surface area (Å²) in [6.07, 6.45) is 8.86. The largest absolute Gasteiger partial charge is 0.504 e. The van der Waals surface area contributed by atoms with E-state index in [1.54, 1.807) is 6.92 Å². The van der Waals surface area contributed by atoms with Crippen LogP contribution < -0.4 is 9.47 Å². The first-order chi connectivity index (χ1) is 12.2. The minimum Gasteiger partial charge on any atom is -0.504 e. The maximum atomic E-state index is 10.5. The second-order valence-electron chi connectivity index (χ2n) is 6.86. The lowest BCUT2D eigenvalue weighted by Crippen LogP contribution is -1.98. The zero-order chi connectivity index (χ0) is 19.9. The van der Waals surface area contributed by atoms with Crippen molar-refractivity contribution in [1.82, 2.24) is 0 Å². The molecule has 0 spiro atoms. The van der Waals surface area contributed by atoms with Gasteiger partial charge in [0, 0.05) is 11.1 Å². The van der Waals surface area contributed by atoms with Crippen molar-refractivity contribution < 1.29 is 19.7 Å². The molecule has 0 aromatic heterocycles. The standard InChI is InChI=1S/C22H32O4/c1-14(2)8-9-15(3)10-11-16(4)12-13-18-17(5)19(23)21(25-6)22(26-7)20(18)24/h8,10,12,23-24H,9,11,13H2,1-7H3/b15-10+,16-12+. The normalized spacial score (nSPS) is 12.1. The van der Waals surface area contributed by atoms with Crippen LogP contribution in [0.2, 0.25) is 0 Å². The average molecular weight is 360 g/mol. The molecule has 0 radical (unpaired) electrons. The highest BCUT2D eigenvalue weighted by Gasteiger charge is 2.22. The molecule has 4 heteroatoms. The number of ether oxygens (including phenoxy) is 2. The maximum absolute atomic E-state index is 10.5. The van der Waals surface area contributed by atoms with E-state index in [2.05, 4.69) is 45.9 Å². The zero-order valence-corrected chi connectivity index (χ0v) is 17.1. The summed E-state index contributed by atoms with van der Waals surface area (Å²) in [4.78, 5) is 0. The predicted molar refractivity (Wildman–Crippen MR) is 107 cm³/mol. The van der Waals surface area contributed by atoms with Gasteiger partial charge in [-0.3, -0.25) is 0 Å². The van der Waals surface area contributed by atoms with Gasteiger partial charge in [0.05, 0.1) is 14.2 Å². The Bertz CT molecular complexity index is 720. The Hall–Kier alpha value is -2.36. The molecule has 0 fully saturated rings. The molecule has 1 aromatic carbocycles. The fourth-order valence-electron chi connectivity index (χ4n) is 2.61. The zero-order valence-electron chi connectivity index (χ0n) is 17.1. The van der Waals surface area contributed by atoms with Gasteiger partial charge in [0.15, 0.2) is 11.5 Å². The first-order valence-electron chi connectivity index (χ1n) is 8.82. The number of phenols is 2. The van der Waals surface area contributed by atoms with Crippen molar-refractivity contribution in [2.45, 2.75) is 53.9 Å². The van der Waals surface area contributed by atoms with Gasteiger partial charge in [0.25, 0.3) is 0 Å². The monoisotopic (exact) mass is 360 g/mol. The second-order valence-corrected chi connectivity index (χ2v) is 6.86. The number of hydrogen-bond donors (Lipinski definition) is 2. The third-order valence-electron chi connectivity index (χ3n) is 4.40. The Morgan fingerprint density at radius 3 is 1.85 bits per heavy atom. The van der Waals surface area contributed by atoms with E-state index in [-0.39, 0.29) is 23.0 Å². The molecule has 0 saturated carbocycles. The maximum Gasteiger partial charge on any atom is 0.207 e. The molecular weight excluding hydrogens is 328 g/mol. The summed E-state index contributed by atoms with van der Waals surface area (Å²) in [5.41, 5.74) is 5.10. The van der Waals surface area contributed by atoms with E-state index >= 15 is 0 Å². The number of hydrogen-bond acceptors (Lipinski definition) is 4. The van der Waals surface area contributed by atoms with Crippen LogP contribution in [0.1, 0.15) is 51.7 Å². The van der Waals surface area contributed by atoms with Crippen molar-refractivity contribution in [1.29, 1.82) is 0 Å². The molecule has 0 heterocycles. The molecule has 26 heavy (non-hydrogen) atoms. The van der Waals surface area contributed by atoms with Crippen LogP contribution in [0, 0.1) is 6.92 Å². The van der Waals surface area contributed by atoms with Gasteiger partial charge in [-0.25, -0.2) is 0 Å². The highest BCUT2D eigenvalue weighted by Crippen LogP contribution is 2.48. The smallest absolute Gasteiger partial charge is 0.207 e. The molecule has 0 aliphatic heterocycles. The summed E-state index contributed by atoms with van der Waals surface area (Å²) in [6.45, 7) is 10.2. The summed E-state index contributed by atoms with van der Waals surface area (Å²) in [7, 11) is 2.88. The van der Waals surface area contributed by atoms with Gasteiger partial charge in [-0.2, -0.15) is 0 Å². The van der Waals surface area contributed by atoms with Gasteiger partial charge in [0.2, 0.25) is 11.5 Å². The van der Waals surface area contributed by atoms with Crippen LogP contribution in [0.25, 0.3) is 0 Å². The van der Waals surface area contributed by atoms with Gasteiger partial charge in [-0.15, -0.1) is 0 Å². The number of aromatic hydroxyl groups is 2. The van der Waals surface area contributed by atoms with Crippen molar-refractivity contribution >= 4 is 0 Å². The summed E-state index contributed by atoms with van der Waals surface area (Å²) < 4.78 is 10.4. The number of phenolic OH excluding ortho intramolecular Hbond substituents is 2. The van der Waals surface area contributed by atoms with Crippen LogP contribution in [0.4, 0.5) is 0 Å². The van der Waals surface area contributed by atoms with Crippen LogP contribution in [-0.2, 0) is 6.42 Å². The Labute approximate surface area is 157 Å². The quantitative estimate of drug-likeness (QED) is 0.467.